The molecule has 1 aliphatic heterocycles. The molecule has 4 nitrogen and oxygen atoms in total. The van der Waals surface area contributed by atoms with E-state index in [0.717, 1.165) is 23.1 Å². The largest absolute Gasteiger partial charge is 0.478 e. The van der Waals surface area contributed by atoms with Crippen LogP contribution in [0.25, 0.3) is 0 Å². The molecule has 0 saturated heterocycles. The van der Waals surface area contributed by atoms with E-state index < -0.39 is 5.97 Å². The van der Waals surface area contributed by atoms with Gasteiger partial charge in [-0.2, -0.15) is 0 Å². The zero-order valence-electron chi connectivity index (χ0n) is 13.0. The standard InChI is InChI=1S/C19H19NO3/c1-13(14-5-3-2-4-6-14)18(21)20-10-9-15-7-8-16(19(22)23)11-17(15)12-20/h2-8,11,13H,9-10,12H2,1H3,(H,22,23). The van der Waals surface area contributed by atoms with Crippen molar-refractivity contribution in [2.24, 2.45) is 0 Å². The number of carboxylic acids is 1. The minimum Gasteiger partial charge on any atom is -0.478 e. The highest BCUT2D eigenvalue weighted by atomic mass is 16.4. The first kappa shape index (κ1) is 15.3. The molecule has 4 heteroatoms. The summed E-state index contributed by atoms with van der Waals surface area (Å²) in [7, 11) is 0. The molecule has 1 unspecified atom stereocenters. The third-order valence-electron chi connectivity index (χ3n) is 4.45. The van der Waals surface area contributed by atoms with Gasteiger partial charge in [-0.05, 0) is 42.2 Å². The Bertz CT molecular complexity index is 740. The van der Waals surface area contributed by atoms with Gasteiger partial charge in [-0.25, -0.2) is 4.79 Å². The summed E-state index contributed by atoms with van der Waals surface area (Å²) in [5, 5.41) is 9.12. The van der Waals surface area contributed by atoms with E-state index in [4.69, 9.17) is 5.11 Å². The number of rotatable bonds is 3. The van der Waals surface area contributed by atoms with Crippen molar-refractivity contribution in [2.45, 2.75) is 25.8 Å². The Labute approximate surface area is 135 Å². The van der Waals surface area contributed by atoms with Crippen molar-refractivity contribution in [3.8, 4) is 0 Å². The first-order valence-electron chi connectivity index (χ1n) is 7.75. The summed E-state index contributed by atoms with van der Waals surface area (Å²) in [5.74, 6) is -1.04. The third-order valence-corrected chi connectivity index (χ3v) is 4.45. The summed E-state index contributed by atoms with van der Waals surface area (Å²) >= 11 is 0. The molecule has 0 aromatic heterocycles. The Morgan fingerprint density at radius 1 is 1.09 bits per heavy atom. The second-order valence-electron chi connectivity index (χ2n) is 5.93. The van der Waals surface area contributed by atoms with Gasteiger partial charge in [0.2, 0.25) is 5.91 Å². The first-order chi connectivity index (χ1) is 11.1. The Hall–Kier alpha value is -2.62. The smallest absolute Gasteiger partial charge is 0.335 e. The van der Waals surface area contributed by atoms with Gasteiger partial charge in [0.05, 0.1) is 11.5 Å². The summed E-state index contributed by atoms with van der Waals surface area (Å²) in [5.41, 5.74) is 3.34. The number of hydrogen-bond donors (Lipinski definition) is 1. The predicted octanol–water partition coefficient (Wildman–Crippen LogP) is 3.07. The van der Waals surface area contributed by atoms with Crippen molar-refractivity contribution in [3.63, 3.8) is 0 Å². The van der Waals surface area contributed by atoms with Crippen molar-refractivity contribution in [3.05, 3.63) is 70.8 Å². The topological polar surface area (TPSA) is 57.6 Å². The molecule has 118 valence electrons. The van der Waals surface area contributed by atoms with Crippen molar-refractivity contribution in [2.75, 3.05) is 6.54 Å². The van der Waals surface area contributed by atoms with Crippen molar-refractivity contribution in [1.82, 2.24) is 4.90 Å². The van der Waals surface area contributed by atoms with Crippen molar-refractivity contribution < 1.29 is 14.7 Å². The van der Waals surface area contributed by atoms with Crippen LogP contribution in [0.2, 0.25) is 0 Å². The predicted molar refractivity (Wildman–Crippen MR) is 87.4 cm³/mol. The molecule has 3 rings (SSSR count). The summed E-state index contributed by atoms with van der Waals surface area (Å²) in [6.45, 7) is 3.07. The molecule has 0 fully saturated rings. The SMILES string of the molecule is CC(C(=O)N1CCc2ccc(C(=O)O)cc2C1)c1ccccc1. The molecule has 0 aliphatic carbocycles. The highest BCUT2D eigenvalue weighted by Gasteiger charge is 2.26. The number of hydrogen-bond acceptors (Lipinski definition) is 2. The molecule has 0 bridgehead atoms. The fourth-order valence-electron chi connectivity index (χ4n) is 3.04. The van der Waals surface area contributed by atoms with E-state index in [1.165, 1.54) is 0 Å². The number of benzene rings is 2. The monoisotopic (exact) mass is 309 g/mol. The van der Waals surface area contributed by atoms with Crippen LogP contribution in [0.1, 0.15) is 39.9 Å². The summed E-state index contributed by atoms with van der Waals surface area (Å²) in [4.78, 5) is 25.7. The molecule has 0 saturated carbocycles. The van der Waals surface area contributed by atoms with Crippen LogP contribution in [-0.2, 0) is 17.8 Å². The minimum absolute atomic E-state index is 0.0857. The summed E-state index contributed by atoms with van der Waals surface area (Å²) in [6, 6.07) is 14.9. The molecule has 23 heavy (non-hydrogen) atoms. The summed E-state index contributed by atoms with van der Waals surface area (Å²) < 4.78 is 0. The molecule has 0 spiro atoms. The van der Waals surface area contributed by atoms with E-state index in [-0.39, 0.29) is 17.4 Å². The van der Waals surface area contributed by atoms with Crippen LogP contribution in [-0.4, -0.2) is 28.4 Å². The van der Waals surface area contributed by atoms with E-state index in [2.05, 4.69) is 0 Å². The van der Waals surface area contributed by atoms with E-state index in [9.17, 15) is 9.59 Å². The second-order valence-corrected chi connectivity index (χ2v) is 5.93. The van der Waals surface area contributed by atoms with Gasteiger partial charge in [0.1, 0.15) is 0 Å². The maximum absolute atomic E-state index is 12.7. The maximum Gasteiger partial charge on any atom is 0.335 e. The molecular formula is C19H19NO3. The van der Waals surface area contributed by atoms with Crippen molar-refractivity contribution >= 4 is 11.9 Å². The first-order valence-corrected chi connectivity index (χ1v) is 7.75. The number of amides is 1. The van der Waals surface area contributed by atoms with Gasteiger partial charge in [-0.15, -0.1) is 0 Å². The molecule has 1 heterocycles. The zero-order valence-corrected chi connectivity index (χ0v) is 13.0. The number of nitrogens with zero attached hydrogens (tertiary/aromatic N) is 1. The molecular weight excluding hydrogens is 290 g/mol. The Morgan fingerprint density at radius 3 is 2.52 bits per heavy atom. The van der Waals surface area contributed by atoms with Gasteiger partial charge < -0.3 is 10.0 Å². The molecule has 1 aliphatic rings. The maximum atomic E-state index is 12.7. The highest BCUT2D eigenvalue weighted by Crippen LogP contribution is 2.24. The minimum atomic E-state index is -0.936. The third kappa shape index (κ3) is 3.11. The zero-order chi connectivity index (χ0) is 16.4. The van der Waals surface area contributed by atoms with Gasteiger partial charge in [0.15, 0.2) is 0 Å². The van der Waals surface area contributed by atoms with Crippen LogP contribution < -0.4 is 0 Å². The quantitative estimate of drug-likeness (QED) is 0.948. The Kier molecular flexibility index (Phi) is 4.15. The van der Waals surface area contributed by atoms with Crippen LogP contribution in [0.3, 0.4) is 0 Å². The normalized spacial score (nSPS) is 14.9. The van der Waals surface area contributed by atoms with Gasteiger partial charge in [0.25, 0.3) is 0 Å². The molecule has 1 N–H and O–H groups in total. The van der Waals surface area contributed by atoms with Crippen LogP contribution >= 0.6 is 0 Å². The number of carbonyl (C=O) groups is 2. The summed E-state index contributed by atoms with van der Waals surface area (Å²) in [6.07, 6.45) is 0.766. The number of fused-ring (bicyclic) bond motifs is 1. The second kappa shape index (κ2) is 6.24. The van der Waals surface area contributed by atoms with E-state index >= 15 is 0 Å². The number of aromatic carboxylic acids is 1. The van der Waals surface area contributed by atoms with Crippen LogP contribution in [0.15, 0.2) is 48.5 Å². The van der Waals surface area contributed by atoms with Gasteiger partial charge in [-0.1, -0.05) is 36.4 Å². The van der Waals surface area contributed by atoms with Crippen LogP contribution in [0, 0.1) is 0 Å². The lowest BCUT2D eigenvalue weighted by molar-refractivity contribution is -0.133. The average Bonchev–Trinajstić information content (AvgIpc) is 2.60. The van der Waals surface area contributed by atoms with Gasteiger partial charge in [0, 0.05) is 13.1 Å². The van der Waals surface area contributed by atoms with E-state index in [0.29, 0.717) is 13.1 Å². The van der Waals surface area contributed by atoms with Crippen LogP contribution in [0.4, 0.5) is 0 Å². The van der Waals surface area contributed by atoms with Crippen molar-refractivity contribution in [1.29, 1.82) is 0 Å². The fraction of sp³-hybridized carbons (Fsp3) is 0.263. The van der Waals surface area contributed by atoms with E-state index in [1.54, 1.807) is 12.1 Å². The molecule has 1 amide bonds. The van der Waals surface area contributed by atoms with E-state index in [1.807, 2.05) is 48.2 Å². The molecule has 1 atom stereocenters. The highest BCUT2D eigenvalue weighted by molar-refractivity contribution is 5.88. The number of carboxylic acid groups (broad SMARTS) is 1. The molecule has 2 aromatic rings. The lowest BCUT2D eigenvalue weighted by Crippen LogP contribution is -2.38. The Balaban J connectivity index is 1.79. The van der Waals surface area contributed by atoms with Gasteiger partial charge in [-0.3, -0.25) is 4.79 Å². The Morgan fingerprint density at radius 2 is 1.83 bits per heavy atom. The average molecular weight is 309 g/mol. The molecule has 2 aromatic carbocycles. The van der Waals surface area contributed by atoms with Crippen LogP contribution in [0.5, 0.6) is 0 Å². The number of carbonyl (C=O) groups excluding carboxylic acids is 1. The van der Waals surface area contributed by atoms with Gasteiger partial charge >= 0.3 is 5.97 Å². The lowest BCUT2D eigenvalue weighted by atomic mass is 9.94. The fourth-order valence-corrected chi connectivity index (χ4v) is 3.04. The molecule has 0 radical (unpaired) electrons. The lowest BCUT2D eigenvalue weighted by Gasteiger charge is -2.31.